The van der Waals surface area contributed by atoms with E-state index in [1.165, 1.54) is 57.8 Å². The fourth-order valence-corrected chi connectivity index (χ4v) is 3.98. The molecule has 0 amide bonds. The van der Waals surface area contributed by atoms with E-state index < -0.39 is 0 Å². The summed E-state index contributed by atoms with van der Waals surface area (Å²) in [5, 5.41) is 20.0. The number of nitro groups is 1. The van der Waals surface area contributed by atoms with Crippen molar-refractivity contribution in [1.29, 1.82) is 0 Å². The lowest BCUT2D eigenvalue weighted by molar-refractivity contribution is -0.384. The number of benzene rings is 2. The molecule has 0 radical (unpaired) electrons. The fourth-order valence-electron chi connectivity index (χ4n) is 3.98. The maximum absolute atomic E-state index is 11.6. The lowest BCUT2D eigenvalue weighted by Gasteiger charge is -2.17. The highest BCUT2D eigenvalue weighted by atomic mass is 16.6. The van der Waals surface area contributed by atoms with E-state index in [-0.39, 0.29) is 16.3 Å². The summed E-state index contributed by atoms with van der Waals surface area (Å²) in [6.45, 7) is 3.59. The van der Waals surface area contributed by atoms with E-state index in [1.54, 1.807) is 12.1 Å². The summed E-state index contributed by atoms with van der Waals surface area (Å²) in [4.78, 5) is 13.3. The van der Waals surface area contributed by atoms with E-state index >= 15 is 0 Å². The first-order valence-electron chi connectivity index (χ1n) is 12.8. The Morgan fingerprint density at radius 3 is 2.09 bits per heavy atom. The normalized spacial score (nSPS) is 11.3. The van der Waals surface area contributed by atoms with Crippen LogP contribution in [0.3, 0.4) is 0 Å². The topological polar surface area (TPSA) is 97.1 Å². The third kappa shape index (κ3) is 10.00. The molecule has 0 atom stereocenters. The van der Waals surface area contributed by atoms with Crippen molar-refractivity contribution in [2.75, 3.05) is 25.0 Å². The predicted molar refractivity (Wildman–Crippen MR) is 142 cm³/mol. The third-order valence-electron chi connectivity index (χ3n) is 6.08. The molecule has 0 aliphatic rings. The molecule has 2 aromatic rings. The number of nitrogens with two attached hydrogens (primary N) is 1. The van der Waals surface area contributed by atoms with Crippen LogP contribution in [0.5, 0.6) is 0 Å². The molecule has 2 N–H and O–H groups in total. The van der Waals surface area contributed by atoms with Gasteiger partial charge in [0.2, 0.25) is 0 Å². The standard InChI is InChI=1S/C27H41N5O2/c1-3-4-5-6-7-8-9-10-11-12-13-23-14-19-26(27(22-23)32(33)34)30-29-24-15-17-25(18-16-24)31(2)21-20-28/h14-19,22H,3-13,20-21,28H2,1-2H3. The first-order valence-corrected chi connectivity index (χ1v) is 12.8. The molecule has 0 unspecified atom stereocenters. The number of nitrogens with zero attached hydrogens (tertiary/aromatic N) is 4. The van der Waals surface area contributed by atoms with E-state index in [2.05, 4.69) is 22.1 Å². The molecular weight excluding hydrogens is 426 g/mol. The monoisotopic (exact) mass is 467 g/mol. The minimum atomic E-state index is -0.374. The van der Waals surface area contributed by atoms with Gasteiger partial charge in [-0.1, -0.05) is 70.8 Å². The molecule has 0 bridgehead atoms. The van der Waals surface area contributed by atoms with Crippen molar-refractivity contribution < 1.29 is 4.92 Å². The van der Waals surface area contributed by atoms with Gasteiger partial charge in [0.05, 0.1) is 10.6 Å². The first kappa shape index (κ1) is 27.4. The average Bonchev–Trinajstić information content (AvgIpc) is 2.84. The van der Waals surface area contributed by atoms with Crippen LogP contribution in [0.1, 0.15) is 76.7 Å². The van der Waals surface area contributed by atoms with Gasteiger partial charge in [-0.05, 0) is 48.7 Å². The Labute approximate surface area is 204 Å². The predicted octanol–water partition coefficient (Wildman–Crippen LogP) is 7.87. The van der Waals surface area contributed by atoms with Crippen LogP contribution in [0.25, 0.3) is 0 Å². The Bertz CT molecular complexity index is 883. The molecule has 0 saturated heterocycles. The molecule has 0 spiro atoms. The van der Waals surface area contributed by atoms with Gasteiger partial charge in [-0.25, -0.2) is 0 Å². The van der Waals surface area contributed by atoms with Gasteiger partial charge in [-0.3, -0.25) is 10.1 Å². The maximum Gasteiger partial charge on any atom is 0.296 e. The number of azo groups is 1. The van der Waals surface area contributed by atoms with Crippen molar-refractivity contribution in [2.45, 2.75) is 77.6 Å². The molecule has 34 heavy (non-hydrogen) atoms. The molecule has 0 heterocycles. The Morgan fingerprint density at radius 2 is 1.50 bits per heavy atom. The number of unbranched alkanes of at least 4 members (excludes halogenated alkanes) is 9. The minimum Gasteiger partial charge on any atom is -0.373 e. The summed E-state index contributed by atoms with van der Waals surface area (Å²) in [6.07, 6.45) is 13.6. The van der Waals surface area contributed by atoms with Crippen LogP contribution in [-0.4, -0.2) is 25.1 Å². The number of hydrogen-bond acceptors (Lipinski definition) is 6. The molecule has 2 rings (SSSR count). The van der Waals surface area contributed by atoms with Gasteiger partial charge in [0, 0.05) is 31.9 Å². The van der Waals surface area contributed by atoms with Crippen molar-refractivity contribution in [2.24, 2.45) is 16.0 Å². The van der Waals surface area contributed by atoms with Gasteiger partial charge in [0.25, 0.3) is 5.69 Å². The second-order valence-corrected chi connectivity index (χ2v) is 8.94. The van der Waals surface area contributed by atoms with Gasteiger partial charge in [-0.2, -0.15) is 5.11 Å². The highest BCUT2D eigenvalue weighted by molar-refractivity contribution is 5.59. The van der Waals surface area contributed by atoms with Crippen LogP contribution in [-0.2, 0) is 6.42 Å². The van der Waals surface area contributed by atoms with Crippen LogP contribution in [0.4, 0.5) is 22.7 Å². The van der Waals surface area contributed by atoms with E-state index in [4.69, 9.17) is 5.73 Å². The largest absolute Gasteiger partial charge is 0.373 e. The highest BCUT2D eigenvalue weighted by Gasteiger charge is 2.14. The van der Waals surface area contributed by atoms with Crippen LogP contribution in [0.15, 0.2) is 52.7 Å². The summed E-state index contributed by atoms with van der Waals surface area (Å²) in [5.41, 5.74) is 8.55. The second kappa shape index (κ2) is 15.9. The van der Waals surface area contributed by atoms with Gasteiger partial charge in [0.15, 0.2) is 5.69 Å². The number of likely N-dealkylation sites (N-methyl/N-ethyl adjacent to an activating group) is 1. The van der Waals surface area contributed by atoms with Crippen LogP contribution in [0, 0.1) is 10.1 Å². The summed E-state index contributed by atoms with van der Waals surface area (Å²) in [5.74, 6) is 0. The van der Waals surface area contributed by atoms with Gasteiger partial charge < -0.3 is 10.6 Å². The Morgan fingerprint density at radius 1 is 0.882 bits per heavy atom. The van der Waals surface area contributed by atoms with E-state index in [0.29, 0.717) is 12.2 Å². The molecule has 7 nitrogen and oxygen atoms in total. The minimum absolute atomic E-state index is 0.00706. The van der Waals surface area contributed by atoms with Crippen LogP contribution < -0.4 is 10.6 Å². The van der Waals surface area contributed by atoms with Gasteiger partial charge >= 0.3 is 0 Å². The summed E-state index contributed by atoms with van der Waals surface area (Å²) in [6, 6.07) is 12.8. The third-order valence-corrected chi connectivity index (χ3v) is 6.08. The Kier molecular flexibility index (Phi) is 12.9. The summed E-state index contributed by atoms with van der Waals surface area (Å²) >= 11 is 0. The molecule has 0 aromatic heterocycles. The zero-order chi connectivity index (χ0) is 24.6. The number of aryl methyl sites for hydroxylation is 1. The molecule has 7 heteroatoms. The smallest absolute Gasteiger partial charge is 0.296 e. The maximum atomic E-state index is 11.6. The fraction of sp³-hybridized carbons (Fsp3) is 0.556. The molecule has 0 saturated carbocycles. The number of anilines is 1. The zero-order valence-electron chi connectivity index (χ0n) is 20.9. The van der Waals surface area contributed by atoms with E-state index in [1.807, 2.05) is 37.4 Å². The SMILES string of the molecule is CCCCCCCCCCCCc1ccc(N=Nc2ccc(N(C)CCN)cc2)c([N+](=O)[O-])c1. The highest BCUT2D eigenvalue weighted by Crippen LogP contribution is 2.31. The number of hydrogen-bond donors (Lipinski definition) is 1. The molecular formula is C27H41N5O2. The van der Waals surface area contributed by atoms with Crippen molar-refractivity contribution >= 4 is 22.7 Å². The average molecular weight is 468 g/mol. The van der Waals surface area contributed by atoms with Gasteiger partial charge in [-0.15, -0.1) is 5.11 Å². The van der Waals surface area contributed by atoms with E-state index in [0.717, 1.165) is 30.6 Å². The lowest BCUT2D eigenvalue weighted by atomic mass is 10.0. The van der Waals surface area contributed by atoms with E-state index in [9.17, 15) is 10.1 Å². The summed E-state index contributed by atoms with van der Waals surface area (Å²) in [7, 11) is 1.98. The molecule has 0 aliphatic carbocycles. The zero-order valence-corrected chi connectivity index (χ0v) is 20.9. The second-order valence-electron chi connectivity index (χ2n) is 8.94. The summed E-state index contributed by atoms with van der Waals surface area (Å²) < 4.78 is 0. The molecule has 0 aliphatic heterocycles. The van der Waals surface area contributed by atoms with Crippen molar-refractivity contribution in [3.05, 3.63) is 58.1 Å². The Balaban J connectivity index is 1.84. The van der Waals surface area contributed by atoms with Crippen molar-refractivity contribution in [3.63, 3.8) is 0 Å². The lowest BCUT2D eigenvalue weighted by Crippen LogP contribution is -2.24. The number of nitro benzene ring substituents is 1. The molecule has 2 aromatic carbocycles. The van der Waals surface area contributed by atoms with Crippen LogP contribution >= 0.6 is 0 Å². The first-order chi connectivity index (χ1) is 16.5. The van der Waals surface area contributed by atoms with Crippen molar-refractivity contribution in [1.82, 2.24) is 0 Å². The molecule has 0 fully saturated rings. The quantitative estimate of drug-likeness (QED) is 0.111. The number of rotatable bonds is 17. The van der Waals surface area contributed by atoms with Crippen molar-refractivity contribution in [3.8, 4) is 0 Å². The van der Waals surface area contributed by atoms with Gasteiger partial charge in [0.1, 0.15) is 0 Å². The van der Waals surface area contributed by atoms with Crippen LogP contribution in [0.2, 0.25) is 0 Å². The molecule has 186 valence electrons. The Hall–Kier alpha value is -2.80.